The summed E-state index contributed by atoms with van der Waals surface area (Å²) in [6.07, 6.45) is 5.93. The maximum Gasteiger partial charge on any atom is 0.394 e. The van der Waals surface area contributed by atoms with Crippen molar-refractivity contribution in [2.45, 2.75) is 46.6 Å². The summed E-state index contributed by atoms with van der Waals surface area (Å²) >= 11 is 0. The minimum atomic E-state index is -3.29. The van der Waals surface area contributed by atoms with E-state index in [2.05, 4.69) is 16.7 Å². The summed E-state index contributed by atoms with van der Waals surface area (Å²) in [5.74, 6) is -0.384. The van der Waals surface area contributed by atoms with Crippen LogP contribution in [0.1, 0.15) is 46.1 Å². The molecule has 0 radical (unpaired) electrons. The lowest BCUT2D eigenvalue weighted by atomic mass is 9.87. The van der Waals surface area contributed by atoms with Gasteiger partial charge in [0, 0.05) is 24.6 Å². The van der Waals surface area contributed by atoms with Crippen molar-refractivity contribution >= 4 is 18.1 Å². The number of allylic oxidation sites excluding steroid dienone is 3. The molecule has 34 heavy (non-hydrogen) atoms. The van der Waals surface area contributed by atoms with E-state index in [9.17, 15) is 18.0 Å². The number of ether oxygens (including phenoxy) is 1. The molecule has 180 valence electrons. The Morgan fingerprint density at radius 3 is 2.47 bits per heavy atom. The number of benzene rings is 2. The molecule has 1 aliphatic heterocycles. The van der Waals surface area contributed by atoms with E-state index in [4.69, 9.17) is 0 Å². The maximum atomic E-state index is 14.5. The Labute approximate surface area is 199 Å². The molecule has 3 rings (SSSR count). The van der Waals surface area contributed by atoms with Gasteiger partial charge in [-0.15, -0.1) is 0 Å². The van der Waals surface area contributed by atoms with Gasteiger partial charge in [0.2, 0.25) is 0 Å². The van der Waals surface area contributed by atoms with Gasteiger partial charge >= 0.3 is 6.11 Å². The molecular formula is C28H30F3NO2. The molecule has 0 bridgehead atoms. The van der Waals surface area contributed by atoms with Crippen molar-refractivity contribution in [3.8, 4) is 16.9 Å². The summed E-state index contributed by atoms with van der Waals surface area (Å²) in [6, 6.07) is 10.5. The molecule has 2 atom stereocenters. The highest BCUT2D eigenvalue weighted by molar-refractivity contribution is 6.00. The Balaban J connectivity index is 1.80. The predicted molar refractivity (Wildman–Crippen MR) is 130 cm³/mol. The smallest absolute Gasteiger partial charge is 0.394 e. The van der Waals surface area contributed by atoms with Crippen molar-refractivity contribution in [2.24, 2.45) is 22.7 Å². The molecular weight excluding hydrogens is 439 g/mol. The molecule has 3 nitrogen and oxygen atoms in total. The first-order valence-electron chi connectivity index (χ1n) is 11.5. The van der Waals surface area contributed by atoms with Crippen molar-refractivity contribution < 1.29 is 22.7 Å². The third kappa shape index (κ3) is 6.69. The monoisotopic (exact) mass is 469 g/mol. The highest BCUT2D eigenvalue weighted by Crippen LogP contribution is 2.29. The number of nitrogens with zero attached hydrogens (tertiary/aromatic N) is 1. The highest BCUT2D eigenvalue weighted by Gasteiger charge is 2.25. The zero-order valence-electron chi connectivity index (χ0n) is 19.9. The normalized spacial score (nSPS) is 17.2. The van der Waals surface area contributed by atoms with E-state index in [1.54, 1.807) is 12.1 Å². The van der Waals surface area contributed by atoms with Gasteiger partial charge in [0.15, 0.2) is 5.78 Å². The molecule has 0 saturated carbocycles. The second-order valence-corrected chi connectivity index (χ2v) is 8.94. The van der Waals surface area contributed by atoms with Gasteiger partial charge in [-0.2, -0.15) is 8.78 Å². The number of carbonyl (C=O) groups excluding carboxylic acids is 1. The SMILES string of the molecule is CCC1C=NC(C(=O)C(/C=C/c2ccc(F)c(-c3ccc(OC(C)(F)F)cc3)c2)C(C)C)=CC1. The Bertz CT molecular complexity index is 1100. The fraction of sp³-hybridized carbons (Fsp3) is 0.357. The molecule has 2 aromatic rings. The van der Waals surface area contributed by atoms with E-state index in [0.717, 1.165) is 18.4 Å². The van der Waals surface area contributed by atoms with Gasteiger partial charge in [0.25, 0.3) is 0 Å². The van der Waals surface area contributed by atoms with E-state index in [1.165, 1.54) is 30.3 Å². The van der Waals surface area contributed by atoms with E-state index >= 15 is 0 Å². The average Bonchev–Trinajstić information content (AvgIpc) is 2.79. The highest BCUT2D eigenvalue weighted by atomic mass is 19.3. The molecule has 1 heterocycles. The Morgan fingerprint density at radius 2 is 1.91 bits per heavy atom. The number of halogens is 3. The van der Waals surface area contributed by atoms with Crippen LogP contribution in [0.5, 0.6) is 5.75 Å². The molecule has 1 aliphatic rings. The van der Waals surface area contributed by atoms with Crippen LogP contribution in [0.25, 0.3) is 17.2 Å². The van der Waals surface area contributed by atoms with Crippen LogP contribution in [-0.2, 0) is 4.79 Å². The first kappa shape index (κ1) is 25.5. The third-order valence-corrected chi connectivity index (χ3v) is 5.79. The van der Waals surface area contributed by atoms with Crippen molar-refractivity contribution in [3.05, 3.63) is 71.7 Å². The minimum absolute atomic E-state index is 0.00377. The van der Waals surface area contributed by atoms with Gasteiger partial charge in [0.05, 0.1) is 0 Å². The Hall–Kier alpha value is -3.15. The number of carbonyl (C=O) groups is 1. The number of aliphatic imine (C=N–C) groups is 1. The number of ketones is 1. The van der Waals surface area contributed by atoms with Gasteiger partial charge in [-0.1, -0.05) is 57.2 Å². The number of rotatable bonds is 9. The van der Waals surface area contributed by atoms with Crippen LogP contribution in [0.4, 0.5) is 13.2 Å². The van der Waals surface area contributed by atoms with E-state index in [0.29, 0.717) is 29.7 Å². The van der Waals surface area contributed by atoms with Crippen LogP contribution in [0.2, 0.25) is 0 Å². The summed E-state index contributed by atoms with van der Waals surface area (Å²) in [5, 5.41) is 0. The molecule has 0 amide bonds. The van der Waals surface area contributed by atoms with Crippen LogP contribution in [0.3, 0.4) is 0 Å². The lowest BCUT2D eigenvalue weighted by Crippen LogP contribution is -2.21. The molecule has 0 aromatic heterocycles. The van der Waals surface area contributed by atoms with Crippen LogP contribution in [0.15, 0.2) is 65.3 Å². The molecule has 6 heteroatoms. The van der Waals surface area contributed by atoms with Gasteiger partial charge in [-0.25, -0.2) is 4.39 Å². The molecule has 0 fully saturated rings. The molecule has 0 saturated heterocycles. The van der Waals surface area contributed by atoms with Gasteiger partial charge in [-0.3, -0.25) is 9.79 Å². The van der Waals surface area contributed by atoms with Gasteiger partial charge < -0.3 is 4.74 Å². The summed E-state index contributed by atoms with van der Waals surface area (Å²) in [6.45, 7) is 6.72. The fourth-order valence-electron chi connectivity index (χ4n) is 3.77. The van der Waals surface area contributed by atoms with Gasteiger partial charge in [-0.05, 0) is 60.1 Å². The zero-order chi connectivity index (χ0) is 24.9. The van der Waals surface area contributed by atoms with Crippen molar-refractivity contribution in [3.63, 3.8) is 0 Å². The predicted octanol–water partition coefficient (Wildman–Crippen LogP) is 7.72. The summed E-state index contributed by atoms with van der Waals surface area (Å²) in [4.78, 5) is 17.5. The lowest BCUT2D eigenvalue weighted by Gasteiger charge is -2.19. The van der Waals surface area contributed by atoms with E-state index in [1.807, 2.05) is 38.3 Å². The first-order chi connectivity index (χ1) is 16.1. The van der Waals surface area contributed by atoms with Crippen LogP contribution < -0.4 is 4.74 Å². The van der Waals surface area contributed by atoms with Gasteiger partial charge in [0.1, 0.15) is 17.3 Å². The molecule has 0 spiro atoms. The Kier molecular flexibility index (Phi) is 8.13. The standard InChI is InChI=1S/C28H30F3NO2/c1-5-19-8-15-26(32-17-19)27(33)23(18(2)3)13-6-20-7-14-25(29)24(16-20)21-9-11-22(12-10-21)34-28(4,30)31/h6-7,9-19,23H,5,8H2,1-4H3/b13-6+. The number of hydrogen-bond donors (Lipinski definition) is 0. The fourth-order valence-corrected chi connectivity index (χ4v) is 3.77. The maximum absolute atomic E-state index is 14.5. The number of alkyl halides is 2. The van der Waals surface area contributed by atoms with E-state index < -0.39 is 11.9 Å². The number of hydrogen-bond acceptors (Lipinski definition) is 3. The zero-order valence-corrected chi connectivity index (χ0v) is 19.9. The summed E-state index contributed by atoms with van der Waals surface area (Å²) < 4.78 is 45.1. The third-order valence-electron chi connectivity index (χ3n) is 5.79. The molecule has 0 aliphatic carbocycles. The quantitative estimate of drug-likeness (QED) is 0.377. The van der Waals surface area contributed by atoms with Crippen molar-refractivity contribution in [1.29, 1.82) is 0 Å². The van der Waals surface area contributed by atoms with Crippen LogP contribution in [0, 0.1) is 23.6 Å². The molecule has 2 unspecified atom stereocenters. The first-order valence-corrected chi connectivity index (χ1v) is 11.5. The van der Waals surface area contributed by atoms with Crippen molar-refractivity contribution in [1.82, 2.24) is 0 Å². The Morgan fingerprint density at radius 1 is 1.21 bits per heavy atom. The summed E-state index contributed by atoms with van der Waals surface area (Å²) in [7, 11) is 0. The molecule has 0 N–H and O–H groups in total. The van der Waals surface area contributed by atoms with Crippen molar-refractivity contribution in [2.75, 3.05) is 0 Å². The minimum Gasteiger partial charge on any atom is -0.433 e. The number of Topliss-reactive ketones (excluding diaryl/α,β-unsaturated/α-hetero) is 1. The largest absolute Gasteiger partial charge is 0.433 e. The topological polar surface area (TPSA) is 38.7 Å². The van der Waals surface area contributed by atoms with Crippen LogP contribution in [-0.4, -0.2) is 18.1 Å². The van der Waals surface area contributed by atoms with Crippen LogP contribution >= 0.6 is 0 Å². The second kappa shape index (κ2) is 10.9. The lowest BCUT2D eigenvalue weighted by molar-refractivity contribution is -0.158. The molecule has 2 aromatic carbocycles. The average molecular weight is 470 g/mol. The van der Waals surface area contributed by atoms with E-state index in [-0.39, 0.29) is 23.4 Å². The summed E-state index contributed by atoms with van der Waals surface area (Å²) in [5.41, 5.74) is 2.08. The second-order valence-electron chi connectivity index (χ2n) is 8.94.